The number of carbonyl (C=O) groups excluding carboxylic acids is 3. The minimum atomic E-state index is -2.97. The summed E-state index contributed by atoms with van der Waals surface area (Å²) in [5.74, 6) is -5.98. The van der Waals surface area contributed by atoms with Gasteiger partial charge in [-0.1, -0.05) is 0 Å². The summed E-state index contributed by atoms with van der Waals surface area (Å²) in [6, 6.07) is 0. The van der Waals surface area contributed by atoms with Gasteiger partial charge in [0.2, 0.25) is 0 Å². The van der Waals surface area contributed by atoms with Crippen LogP contribution in [0.4, 0.5) is 0 Å². The maximum absolute atomic E-state index is 10.1. The standard InChI is InChI=1S/C6H8O7.C2H8N2.3Na/c7-3(8)1-6(13,5(11)12)2-4(9)10;3-1-2-4;;;/h13H,1-2H2,(H,7,8)(H,9,10)(H,11,12);1-4H2;;;/q;;3*+1/p-3. The first-order valence-electron chi connectivity index (χ1n) is 4.43. The van der Waals surface area contributed by atoms with Gasteiger partial charge in [-0.05, 0) is 0 Å². The number of carboxylic acid groups (broad SMARTS) is 3. The SMILES string of the molecule is NCCN.O=C([O-])CC(O)(CC(=O)[O-])C(=O)[O-].[Na+].[Na+].[Na+]. The molecule has 0 unspecified atom stereocenters. The average Bonchev–Trinajstić information content (AvgIpc) is 2.15. The average molecular weight is 318 g/mol. The molecular formula is C8H13N2Na3O7. The van der Waals surface area contributed by atoms with E-state index in [1.54, 1.807) is 0 Å². The molecule has 0 fully saturated rings. The Morgan fingerprint density at radius 1 is 0.850 bits per heavy atom. The normalized spacial score (nSPS) is 8.55. The fourth-order valence-electron chi connectivity index (χ4n) is 0.684. The van der Waals surface area contributed by atoms with E-state index in [1.165, 1.54) is 0 Å². The molecule has 0 aliphatic carbocycles. The van der Waals surface area contributed by atoms with Gasteiger partial charge in [-0.2, -0.15) is 0 Å². The summed E-state index contributed by atoms with van der Waals surface area (Å²) in [6.45, 7) is 1.19. The molecule has 0 spiro atoms. The first kappa shape index (κ1) is 33.0. The van der Waals surface area contributed by atoms with Gasteiger partial charge in [-0.15, -0.1) is 0 Å². The fraction of sp³-hybridized carbons (Fsp3) is 0.625. The van der Waals surface area contributed by atoms with Crippen molar-refractivity contribution in [3.05, 3.63) is 0 Å². The Morgan fingerprint density at radius 3 is 1.20 bits per heavy atom. The number of carboxylic acids is 3. The molecule has 9 nitrogen and oxygen atoms in total. The molecule has 0 aromatic heterocycles. The van der Waals surface area contributed by atoms with Gasteiger partial charge in [0.25, 0.3) is 0 Å². The van der Waals surface area contributed by atoms with Gasteiger partial charge in [0.1, 0.15) is 5.60 Å². The number of aliphatic hydroxyl groups is 1. The second-order valence-corrected chi connectivity index (χ2v) is 2.99. The summed E-state index contributed by atoms with van der Waals surface area (Å²) in [5.41, 5.74) is 6.83. The molecule has 0 radical (unpaired) electrons. The van der Waals surface area contributed by atoms with E-state index >= 15 is 0 Å². The van der Waals surface area contributed by atoms with Gasteiger partial charge in [0.15, 0.2) is 0 Å². The van der Waals surface area contributed by atoms with Gasteiger partial charge < -0.3 is 46.3 Å². The number of hydrogen-bond donors (Lipinski definition) is 3. The Kier molecular flexibility index (Phi) is 30.3. The number of rotatable bonds is 6. The van der Waals surface area contributed by atoms with Crippen molar-refractivity contribution in [1.82, 2.24) is 0 Å². The Balaban J connectivity index is -0.0000000951. The summed E-state index contributed by atoms with van der Waals surface area (Å²) < 4.78 is 0. The molecule has 0 atom stereocenters. The van der Waals surface area contributed by atoms with Crippen LogP contribution in [0.25, 0.3) is 0 Å². The van der Waals surface area contributed by atoms with E-state index in [4.69, 9.17) is 16.6 Å². The smallest absolute Gasteiger partial charge is 0.550 e. The molecule has 5 N–H and O–H groups in total. The number of hydrogen-bond acceptors (Lipinski definition) is 9. The third-order valence-electron chi connectivity index (χ3n) is 1.42. The van der Waals surface area contributed by atoms with Gasteiger partial charge in [-0.3, -0.25) is 0 Å². The Bertz CT molecular complexity index is 273. The van der Waals surface area contributed by atoms with Crippen LogP contribution in [0.3, 0.4) is 0 Å². The molecule has 0 rings (SSSR count). The Hall–Kier alpha value is 1.29. The van der Waals surface area contributed by atoms with Crippen LogP contribution in [0, 0.1) is 0 Å². The van der Waals surface area contributed by atoms with Crippen molar-refractivity contribution in [1.29, 1.82) is 0 Å². The van der Waals surface area contributed by atoms with Crippen LogP contribution < -0.4 is 115 Å². The van der Waals surface area contributed by atoms with Crippen LogP contribution in [-0.4, -0.2) is 41.7 Å². The van der Waals surface area contributed by atoms with E-state index < -0.39 is 36.4 Å². The molecule has 0 bridgehead atoms. The summed E-state index contributed by atoms with van der Waals surface area (Å²) in [4.78, 5) is 30.0. The molecule has 0 aliphatic heterocycles. The van der Waals surface area contributed by atoms with Crippen molar-refractivity contribution in [2.24, 2.45) is 11.5 Å². The van der Waals surface area contributed by atoms with Crippen molar-refractivity contribution in [2.75, 3.05) is 13.1 Å². The van der Waals surface area contributed by atoms with E-state index in [9.17, 15) is 29.7 Å². The van der Waals surface area contributed by atoms with Crippen molar-refractivity contribution < 1.29 is 123 Å². The van der Waals surface area contributed by atoms with Crippen molar-refractivity contribution in [3.63, 3.8) is 0 Å². The molecule has 12 heteroatoms. The van der Waals surface area contributed by atoms with Crippen LogP contribution in [0.1, 0.15) is 12.8 Å². The van der Waals surface area contributed by atoms with Crippen molar-refractivity contribution >= 4 is 17.9 Å². The van der Waals surface area contributed by atoms with E-state index in [2.05, 4.69) is 0 Å². The molecule has 0 heterocycles. The van der Waals surface area contributed by atoms with Crippen molar-refractivity contribution in [2.45, 2.75) is 18.4 Å². The summed E-state index contributed by atoms with van der Waals surface area (Å²) in [6.07, 6.45) is -2.72. The number of aliphatic carboxylic acids is 3. The number of carbonyl (C=O) groups is 3. The molecular weight excluding hydrogens is 305 g/mol. The quantitative estimate of drug-likeness (QED) is 0.398. The Morgan fingerprint density at radius 2 is 1.10 bits per heavy atom. The minimum absolute atomic E-state index is 0. The molecule has 0 aromatic rings. The summed E-state index contributed by atoms with van der Waals surface area (Å²) in [7, 11) is 0. The predicted octanol–water partition coefficient (Wildman–Crippen LogP) is -15.3. The van der Waals surface area contributed by atoms with Crippen LogP contribution in [-0.2, 0) is 14.4 Å². The molecule has 0 saturated carbocycles. The monoisotopic (exact) mass is 318 g/mol. The second-order valence-electron chi connectivity index (χ2n) is 2.99. The van der Waals surface area contributed by atoms with E-state index in [0.29, 0.717) is 13.1 Å². The van der Waals surface area contributed by atoms with Crippen LogP contribution in [0.2, 0.25) is 0 Å². The van der Waals surface area contributed by atoms with E-state index in [-0.39, 0.29) is 88.7 Å². The van der Waals surface area contributed by atoms with Crippen LogP contribution in [0.5, 0.6) is 0 Å². The second kappa shape index (κ2) is 18.3. The minimum Gasteiger partial charge on any atom is -0.550 e. The maximum Gasteiger partial charge on any atom is 1.00 e. The molecule has 20 heavy (non-hydrogen) atoms. The van der Waals surface area contributed by atoms with Gasteiger partial charge in [0.05, 0.1) is 5.97 Å². The van der Waals surface area contributed by atoms with Crippen molar-refractivity contribution in [3.8, 4) is 0 Å². The summed E-state index contributed by atoms with van der Waals surface area (Å²) >= 11 is 0. The summed E-state index contributed by atoms with van der Waals surface area (Å²) in [5, 5.41) is 38.9. The van der Waals surface area contributed by atoms with Gasteiger partial charge in [-0.25, -0.2) is 0 Å². The topological polar surface area (TPSA) is 193 Å². The zero-order valence-electron chi connectivity index (χ0n) is 11.9. The largest absolute Gasteiger partial charge is 1.00 e. The molecule has 0 saturated heterocycles. The zero-order valence-corrected chi connectivity index (χ0v) is 17.9. The maximum atomic E-state index is 10.1. The third kappa shape index (κ3) is 19.3. The molecule has 0 amide bonds. The molecule has 0 aromatic carbocycles. The van der Waals surface area contributed by atoms with Gasteiger partial charge >= 0.3 is 88.7 Å². The molecule has 0 aliphatic rings. The fourth-order valence-corrected chi connectivity index (χ4v) is 0.684. The van der Waals surface area contributed by atoms with Crippen LogP contribution >= 0.6 is 0 Å². The van der Waals surface area contributed by atoms with Gasteiger partial charge in [0, 0.05) is 37.9 Å². The Labute approximate surface area is 182 Å². The molecule has 100 valence electrons. The van der Waals surface area contributed by atoms with E-state index in [1.807, 2.05) is 0 Å². The predicted molar refractivity (Wildman–Crippen MR) is 47.3 cm³/mol. The van der Waals surface area contributed by atoms with E-state index in [0.717, 1.165) is 0 Å². The van der Waals surface area contributed by atoms with Crippen LogP contribution in [0.15, 0.2) is 0 Å². The zero-order chi connectivity index (χ0) is 14.1. The third-order valence-corrected chi connectivity index (χ3v) is 1.42. The first-order valence-corrected chi connectivity index (χ1v) is 4.43. The first-order chi connectivity index (χ1) is 7.69. The number of nitrogens with two attached hydrogens (primary N) is 2.